The van der Waals surface area contributed by atoms with Gasteiger partial charge in [-0.15, -0.1) is 0 Å². The highest BCUT2D eigenvalue weighted by Gasteiger charge is 2.29. The van der Waals surface area contributed by atoms with Crippen molar-refractivity contribution in [3.05, 3.63) is 211 Å². The van der Waals surface area contributed by atoms with Crippen molar-refractivity contribution in [2.24, 2.45) is 0 Å². The van der Waals surface area contributed by atoms with Gasteiger partial charge in [0.1, 0.15) is 11.2 Å². The van der Waals surface area contributed by atoms with Crippen molar-refractivity contribution in [1.82, 2.24) is 24.1 Å². The Bertz CT molecular complexity index is 3940. The van der Waals surface area contributed by atoms with Gasteiger partial charge >= 0.3 is 0 Å². The average molecular weight is 918 g/mol. The molecule has 342 valence electrons. The first kappa shape index (κ1) is 42.5. The van der Waals surface area contributed by atoms with Gasteiger partial charge in [-0.05, 0) is 82.6 Å². The van der Waals surface area contributed by atoms with Crippen LogP contribution in [-0.2, 0) is 10.8 Å². The summed E-state index contributed by atoms with van der Waals surface area (Å²) in [6.07, 6.45) is 0. The number of fused-ring (bicyclic) bond motifs is 9. The molecule has 0 aliphatic rings. The van der Waals surface area contributed by atoms with Crippen LogP contribution in [0, 0.1) is 0 Å². The standard InChI is InChI=1S/C65H51N5O/c1-64(2,3)52-34-33-50(63-67-61(40-21-9-7-10-22-40)66-62(68-63)41-23-11-8-12-24-41)58-51-37-43(38-53(65(4,5)6)59(51)71-60(52)58)42-35-44(69-54-29-17-13-25-46(54)47-26-14-18-30-55(47)69)39-45(36-42)70-56-31-19-15-27-48(56)49-28-16-20-32-57(49)70/h7-39H,1-6H3. The number of aromatic nitrogens is 5. The van der Waals surface area contributed by atoms with Crippen molar-refractivity contribution in [3.8, 4) is 56.7 Å². The van der Waals surface area contributed by atoms with Gasteiger partial charge in [-0.3, -0.25) is 0 Å². The second kappa shape index (κ2) is 16.0. The molecular formula is C65H51N5O. The Morgan fingerprint density at radius 1 is 0.338 bits per heavy atom. The maximum absolute atomic E-state index is 7.33. The largest absolute Gasteiger partial charge is 0.455 e. The molecule has 71 heavy (non-hydrogen) atoms. The highest BCUT2D eigenvalue weighted by molar-refractivity contribution is 6.15. The summed E-state index contributed by atoms with van der Waals surface area (Å²) < 4.78 is 12.2. The molecule has 0 spiro atoms. The van der Waals surface area contributed by atoms with Crippen LogP contribution in [0.2, 0.25) is 0 Å². The minimum Gasteiger partial charge on any atom is -0.455 e. The van der Waals surface area contributed by atoms with Crippen molar-refractivity contribution < 1.29 is 4.42 Å². The van der Waals surface area contributed by atoms with Crippen LogP contribution < -0.4 is 0 Å². The lowest BCUT2D eigenvalue weighted by Crippen LogP contribution is -2.11. The van der Waals surface area contributed by atoms with Crippen LogP contribution in [0.15, 0.2) is 205 Å². The van der Waals surface area contributed by atoms with E-state index in [1.807, 2.05) is 36.4 Å². The van der Waals surface area contributed by atoms with E-state index in [2.05, 4.69) is 214 Å². The van der Waals surface area contributed by atoms with Crippen LogP contribution in [0.5, 0.6) is 0 Å². The molecule has 0 saturated heterocycles. The van der Waals surface area contributed by atoms with Crippen LogP contribution in [0.3, 0.4) is 0 Å². The number of furan rings is 1. The zero-order valence-corrected chi connectivity index (χ0v) is 40.7. The van der Waals surface area contributed by atoms with E-state index >= 15 is 0 Å². The summed E-state index contributed by atoms with van der Waals surface area (Å²) in [5, 5.41) is 6.90. The van der Waals surface area contributed by atoms with Crippen molar-refractivity contribution in [2.45, 2.75) is 52.4 Å². The molecule has 0 aliphatic carbocycles. The van der Waals surface area contributed by atoms with Crippen LogP contribution in [0.4, 0.5) is 0 Å². The van der Waals surface area contributed by atoms with E-state index in [0.29, 0.717) is 17.5 Å². The second-order valence-electron chi connectivity index (χ2n) is 20.9. The molecule has 4 aromatic heterocycles. The Morgan fingerprint density at radius 3 is 1.20 bits per heavy atom. The van der Waals surface area contributed by atoms with Crippen LogP contribution in [0.1, 0.15) is 52.7 Å². The molecule has 0 unspecified atom stereocenters. The molecule has 13 rings (SSSR count). The molecule has 0 atom stereocenters. The minimum atomic E-state index is -0.293. The normalized spacial score (nSPS) is 12.4. The third-order valence-corrected chi connectivity index (χ3v) is 14.2. The van der Waals surface area contributed by atoms with Crippen molar-refractivity contribution in [1.29, 1.82) is 0 Å². The molecule has 0 saturated carbocycles. The smallest absolute Gasteiger partial charge is 0.164 e. The van der Waals surface area contributed by atoms with Crippen LogP contribution >= 0.6 is 0 Å². The summed E-state index contributed by atoms with van der Waals surface area (Å²) in [4.78, 5) is 15.7. The third kappa shape index (κ3) is 6.96. The Morgan fingerprint density at radius 2 is 0.746 bits per heavy atom. The van der Waals surface area contributed by atoms with Gasteiger partial charge in [0.05, 0.1) is 22.1 Å². The Kier molecular flexibility index (Phi) is 9.56. The summed E-state index contributed by atoms with van der Waals surface area (Å²) in [5.74, 6) is 1.83. The lowest BCUT2D eigenvalue weighted by Gasteiger charge is -2.21. The Labute approximate surface area is 412 Å². The highest BCUT2D eigenvalue weighted by Crippen LogP contribution is 2.47. The number of nitrogens with zero attached hydrogens (tertiary/aromatic N) is 5. The molecule has 0 amide bonds. The monoisotopic (exact) mass is 917 g/mol. The molecule has 4 heterocycles. The topological polar surface area (TPSA) is 61.7 Å². The van der Waals surface area contributed by atoms with Gasteiger partial charge in [-0.1, -0.05) is 181 Å². The summed E-state index contributed by atoms with van der Waals surface area (Å²) in [7, 11) is 0. The summed E-state index contributed by atoms with van der Waals surface area (Å²) in [5.41, 5.74) is 15.2. The van der Waals surface area contributed by atoms with E-state index in [1.165, 1.54) is 21.5 Å². The second-order valence-corrected chi connectivity index (χ2v) is 20.9. The van der Waals surface area contributed by atoms with E-state index in [1.54, 1.807) is 0 Å². The lowest BCUT2D eigenvalue weighted by atomic mass is 9.82. The quantitative estimate of drug-likeness (QED) is 0.167. The number of hydrogen-bond donors (Lipinski definition) is 0. The number of para-hydroxylation sites is 4. The molecule has 0 bridgehead atoms. The number of rotatable bonds is 6. The van der Waals surface area contributed by atoms with Gasteiger partial charge in [0.25, 0.3) is 0 Å². The lowest BCUT2D eigenvalue weighted by molar-refractivity contribution is 0.557. The molecule has 0 fully saturated rings. The average Bonchev–Trinajstić information content (AvgIpc) is 4.06. The Hall–Kier alpha value is -8.61. The van der Waals surface area contributed by atoms with Crippen molar-refractivity contribution >= 4 is 65.6 Å². The van der Waals surface area contributed by atoms with Gasteiger partial charge in [0.15, 0.2) is 17.5 Å². The summed E-state index contributed by atoms with van der Waals surface area (Å²) in [6.45, 7) is 13.6. The van der Waals surface area contributed by atoms with Gasteiger partial charge < -0.3 is 13.6 Å². The predicted molar refractivity (Wildman–Crippen MR) is 295 cm³/mol. The van der Waals surface area contributed by atoms with Gasteiger partial charge in [0, 0.05) is 71.5 Å². The van der Waals surface area contributed by atoms with E-state index in [4.69, 9.17) is 19.4 Å². The Balaban J connectivity index is 1.14. The summed E-state index contributed by atoms with van der Waals surface area (Å²) in [6, 6.07) is 71.6. The van der Waals surface area contributed by atoms with E-state index in [-0.39, 0.29) is 10.8 Å². The SMILES string of the molecule is CC(C)(C)c1cc(-c2cc(-n3c4ccccc4c4ccccc43)cc(-n3c4ccccc4c4ccccc43)c2)cc2c1oc1c(C(C)(C)C)ccc(-c3nc(-c4ccccc4)nc(-c4ccccc4)n3)c12. The summed E-state index contributed by atoms with van der Waals surface area (Å²) >= 11 is 0. The van der Waals surface area contributed by atoms with Gasteiger partial charge in [-0.25, -0.2) is 15.0 Å². The molecule has 9 aromatic carbocycles. The van der Waals surface area contributed by atoms with E-state index in [9.17, 15) is 0 Å². The van der Waals surface area contributed by atoms with Crippen molar-refractivity contribution in [3.63, 3.8) is 0 Å². The maximum Gasteiger partial charge on any atom is 0.164 e. The third-order valence-electron chi connectivity index (χ3n) is 14.2. The first-order valence-corrected chi connectivity index (χ1v) is 24.5. The zero-order valence-electron chi connectivity index (χ0n) is 40.7. The minimum absolute atomic E-state index is 0.229. The van der Waals surface area contributed by atoms with E-state index < -0.39 is 0 Å². The maximum atomic E-state index is 7.33. The van der Waals surface area contributed by atoms with Gasteiger partial charge in [-0.2, -0.15) is 0 Å². The fourth-order valence-corrected chi connectivity index (χ4v) is 10.8. The molecule has 0 aliphatic heterocycles. The van der Waals surface area contributed by atoms with Crippen LogP contribution in [-0.4, -0.2) is 24.1 Å². The van der Waals surface area contributed by atoms with Crippen molar-refractivity contribution in [2.75, 3.05) is 0 Å². The molecular weight excluding hydrogens is 867 g/mol. The zero-order chi connectivity index (χ0) is 48.2. The van der Waals surface area contributed by atoms with Crippen LogP contribution in [0.25, 0.3) is 122 Å². The molecule has 0 N–H and O–H groups in total. The molecule has 0 radical (unpaired) electrons. The fraction of sp³-hybridized carbons (Fsp3) is 0.123. The molecule has 6 nitrogen and oxygen atoms in total. The first-order chi connectivity index (χ1) is 34.5. The van der Waals surface area contributed by atoms with Gasteiger partial charge in [0.2, 0.25) is 0 Å². The molecule has 13 aromatic rings. The predicted octanol–water partition coefficient (Wildman–Crippen LogP) is 17.2. The number of benzene rings is 9. The highest BCUT2D eigenvalue weighted by atomic mass is 16.3. The first-order valence-electron chi connectivity index (χ1n) is 24.5. The van der Waals surface area contributed by atoms with E-state index in [0.717, 1.165) is 94.3 Å². The fourth-order valence-electron chi connectivity index (χ4n) is 10.8. The number of hydrogen-bond acceptors (Lipinski definition) is 4. The molecule has 6 heteroatoms.